The Labute approximate surface area is 156 Å². The lowest BCUT2D eigenvalue weighted by atomic mass is 10.3. The molecule has 24 heavy (non-hydrogen) atoms. The Balaban J connectivity index is 4.43. The predicted molar refractivity (Wildman–Crippen MR) is 109 cm³/mol. The fourth-order valence-corrected chi connectivity index (χ4v) is 3.94. The fourth-order valence-electron chi connectivity index (χ4n) is 2.16. The number of rotatable bonds is 12. The summed E-state index contributed by atoms with van der Waals surface area (Å²) in [5, 5.41) is 0.0577. The van der Waals surface area contributed by atoms with E-state index < -0.39 is 0 Å². The average Bonchev–Trinajstić information content (AvgIpc) is 2.59. The van der Waals surface area contributed by atoms with E-state index in [2.05, 4.69) is 27.7 Å². The summed E-state index contributed by atoms with van der Waals surface area (Å²) in [5.74, 6) is 0. The number of amides is 2. The highest BCUT2D eigenvalue weighted by molar-refractivity contribution is 8.87. The van der Waals surface area contributed by atoms with E-state index in [9.17, 15) is 9.59 Å². The van der Waals surface area contributed by atoms with Crippen LogP contribution in [0.15, 0.2) is 0 Å². The standard InChI is InChI=1S/C18H36N2O2S2/c1-5-9-13-19(14-10-6-2)17(21)23-24-18(22)20(15-11-7-3)16-12-8-4/h5-16H2,1-4H3. The molecule has 0 rings (SSSR count). The minimum Gasteiger partial charge on any atom is -0.333 e. The van der Waals surface area contributed by atoms with E-state index in [1.54, 1.807) is 0 Å². The molecular weight excluding hydrogens is 340 g/mol. The summed E-state index contributed by atoms with van der Waals surface area (Å²) >= 11 is 0. The summed E-state index contributed by atoms with van der Waals surface area (Å²) in [7, 11) is 2.20. The Morgan fingerprint density at radius 1 is 0.583 bits per heavy atom. The maximum absolute atomic E-state index is 12.4. The molecule has 0 saturated heterocycles. The van der Waals surface area contributed by atoms with Crippen LogP contribution in [0.5, 0.6) is 0 Å². The molecular formula is C18H36N2O2S2. The van der Waals surface area contributed by atoms with Gasteiger partial charge in [-0.1, -0.05) is 53.4 Å². The molecule has 6 heteroatoms. The van der Waals surface area contributed by atoms with Crippen molar-refractivity contribution in [2.45, 2.75) is 79.1 Å². The van der Waals surface area contributed by atoms with Crippen molar-refractivity contribution < 1.29 is 9.59 Å². The molecule has 0 atom stereocenters. The third-order valence-corrected chi connectivity index (χ3v) is 5.82. The summed E-state index contributed by atoms with van der Waals surface area (Å²) in [6, 6.07) is 0. The molecule has 0 aromatic rings. The minimum absolute atomic E-state index is 0.0289. The smallest absolute Gasteiger partial charge is 0.292 e. The van der Waals surface area contributed by atoms with Crippen LogP contribution in [0.1, 0.15) is 79.1 Å². The van der Waals surface area contributed by atoms with Crippen LogP contribution in [0.3, 0.4) is 0 Å². The van der Waals surface area contributed by atoms with E-state index in [0.717, 1.165) is 99.1 Å². The van der Waals surface area contributed by atoms with E-state index in [4.69, 9.17) is 0 Å². The molecule has 0 aromatic carbocycles. The van der Waals surface area contributed by atoms with Gasteiger partial charge in [-0.05, 0) is 25.7 Å². The van der Waals surface area contributed by atoms with E-state index in [0.29, 0.717) is 0 Å². The number of nitrogens with zero attached hydrogens (tertiary/aromatic N) is 2. The van der Waals surface area contributed by atoms with Crippen molar-refractivity contribution in [2.24, 2.45) is 0 Å². The lowest BCUT2D eigenvalue weighted by Crippen LogP contribution is -2.31. The third kappa shape index (κ3) is 11.2. The summed E-state index contributed by atoms with van der Waals surface area (Å²) < 4.78 is 0. The number of unbranched alkanes of at least 4 members (excludes halogenated alkanes) is 4. The molecule has 2 amide bonds. The maximum Gasteiger partial charge on any atom is 0.292 e. The van der Waals surface area contributed by atoms with Gasteiger partial charge in [0.15, 0.2) is 0 Å². The van der Waals surface area contributed by atoms with Crippen LogP contribution in [0, 0.1) is 0 Å². The molecule has 142 valence electrons. The predicted octanol–water partition coefficient (Wildman–Crippen LogP) is 6.41. The first-order chi connectivity index (χ1) is 11.6. The van der Waals surface area contributed by atoms with Crippen molar-refractivity contribution >= 4 is 32.1 Å². The topological polar surface area (TPSA) is 40.6 Å². The molecule has 0 radical (unpaired) electrons. The van der Waals surface area contributed by atoms with Crippen LogP contribution in [-0.2, 0) is 0 Å². The molecule has 0 unspecified atom stereocenters. The molecule has 0 aromatic heterocycles. The molecule has 0 spiro atoms. The van der Waals surface area contributed by atoms with Crippen LogP contribution >= 0.6 is 21.6 Å². The van der Waals surface area contributed by atoms with Gasteiger partial charge in [-0.25, -0.2) is 0 Å². The Morgan fingerprint density at radius 3 is 1.04 bits per heavy atom. The highest BCUT2D eigenvalue weighted by Gasteiger charge is 2.19. The van der Waals surface area contributed by atoms with Crippen LogP contribution < -0.4 is 0 Å². The normalized spacial score (nSPS) is 10.7. The molecule has 4 nitrogen and oxygen atoms in total. The third-order valence-electron chi connectivity index (χ3n) is 3.83. The van der Waals surface area contributed by atoms with Crippen molar-refractivity contribution in [1.29, 1.82) is 0 Å². The van der Waals surface area contributed by atoms with Crippen molar-refractivity contribution in [2.75, 3.05) is 26.2 Å². The van der Waals surface area contributed by atoms with Crippen LogP contribution in [0.4, 0.5) is 9.59 Å². The Bertz CT molecular complexity index is 293. The largest absolute Gasteiger partial charge is 0.333 e. The monoisotopic (exact) mass is 376 g/mol. The maximum atomic E-state index is 12.4. The zero-order chi connectivity index (χ0) is 18.2. The van der Waals surface area contributed by atoms with Crippen LogP contribution in [0.2, 0.25) is 0 Å². The van der Waals surface area contributed by atoms with Gasteiger partial charge in [-0.15, -0.1) is 0 Å². The summed E-state index contributed by atoms with van der Waals surface area (Å²) in [6.45, 7) is 11.7. The molecule has 0 N–H and O–H groups in total. The van der Waals surface area contributed by atoms with Gasteiger partial charge in [0.05, 0.1) is 0 Å². The molecule has 0 saturated carbocycles. The summed E-state index contributed by atoms with van der Waals surface area (Å²) in [5.41, 5.74) is 0. The molecule has 0 aliphatic rings. The SMILES string of the molecule is CCCCN(CCCC)C(=O)SSC(=O)N(CCCC)CCCC. The Morgan fingerprint density at radius 2 is 0.833 bits per heavy atom. The first kappa shape index (κ1) is 23.6. The van der Waals surface area contributed by atoms with Gasteiger partial charge < -0.3 is 9.80 Å². The first-order valence-electron chi connectivity index (χ1n) is 9.52. The lowest BCUT2D eigenvalue weighted by molar-refractivity contribution is 0.220. The van der Waals surface area contributed by atoms with Gasteiger partial charge in [0.1, 0.15) is 0 Å². The van der Waals surface area contributed by atoms with Crippen molar-refractivity contribution in [3.05, 3.63) is 0 Å². The second-order valence-electron chi connectivity index (χ2n) is 6.09. The van der Waals surface area contributed by atoms with E-state index in [1.807, 2.05) is 9.80 Å². The Hall–Kier alpha value is -0.360. The zero-order valence-electron chi connectivity index (χ0n) is 16.0. The highest BCUT2D eigenvalue weighted by atomic mass is 33.1. The molecule has 0 bridgehead atoms. The fraction of sp³-hybridized carbons (Fsp3) is 0.889. The summed E-state index contributed by atoms with van der Waals surface area (Å²) in [6.07, 6.45) is 8.40. The Kier molecular flexibility index (Phi) is 15.9. The molecule has 0 fully saturated rings. The molecule has 0 aliphatic carbocycles. The lowest BCUT2D eigenvalue weighted by Gasteiger charge is -2.23. The quantitative estimate of drug-likeness (QED) is 0.369. The van der Waals surface area contributed by atoms with Gasteiger partial charge in [-0.2, -0.15) is 0 Å². The van der Waals surface area contributed by atoms with Gasteiger partial charge in [0, 0.05) is 47.8 Å². The second-order valence-corrected chi connectivity index (χ2v) is 8.12. The average molecular weight is 377 g/mol. The van der Waals surface area contributed by atoms with Crippen molar-refractivity contribution in [1.82, 2.24) is 9.80 Å². The first-order valence-corrected chi connectivity index (χ1v) is 11.7. The minimum atomic E-state index is 0.0289. The van der Waals surface area contributed by atoms with Gasteiger partial charge in [0.25, 0.3) is 10.5 Å². The molecule has 0 heterocycles. The number of hydrogen-bond acceptors (Lipinski definition) is 4. The van der Waals surface area contributed by atoms with Crippen molar-refractivity contribution in [3.8, 4) is 0 Å². The van der Waals surface area contributed by atoms with Crippen molar-refractivity contribution in [3.63, 3.8) is 0 Å². The number of hydrogen-bond donors (Lipinski definition) is 0. The van der Waals surface area contributed by atoms with Gasteiger partial charge >= 0.3 is 0 Å². The summed E-state index contributed by atoms with van der Waals surface area (Å²) in [4.78, 5) is 28.6. The van der Waals surface area contributed by atoms with E-state index in [-0.39, 0.29) is 10.5 Å². The van der Waals surface area contributed by atoms with E-state index >= 15 is 0 Å². The van der Waals surface area contributed by atoms with E-state index in [1.165, 1.54) is 0 Å². The molecule has 0 aliphatic heterocycles. The number of carbonyl (C=O) groups excluding carboxylic acids is 2. The van der Waals surface area contributed by atoms with Gasteiger partial charge in [-0.3, -0.25) is 9.59 Å². The number of carbonyl (C=O) groups is 2. The van der Waals surface area contributed by atoms with Crippen LogP contribution in [-0.4, -0.2) is 46.5 Å². The van der Waals surface area contributed by atoms with Gasteiger partial charge in [0.2, 0.25) is 0 Å². The van der Waals surface area contributed by atoms with Crippen LogP contribution in [0.25, 0.3) is 0 Å². The second kappa shape index (κ2) is 16.1. The zero-order valence-corrected chi connectivity index (χ0v) is 17.6. The highest BCUT2D eigenvalue weighted by Crippen LogP contribution is 2.28.